The molecule has 2 aromatic rings. The van der Waals surface area contributed by atoms with Gasteiger partial charge in [-0.1, -0.05) is 0 Å². The summed E-state index contributed by atoms with van der Waals surface area (Å²) in [5, 5.41) is 0.404. The van der Waals surface area contributed by atoms with Gasteiger partial charge in [-0.2, -0.15) is 0 Å². The van der Waals surface area contributed by atoms with E-state index in [0.717, 1.165) is 19.3 Å². The van der Waals surface area contributed by atoms with Crippen LogP contribution in [0.2, 0.25) is 0 Å². The second-order valence-electron chi connectivity index (χ2n) is 5.21. The summed E-state index contributed by atoms with van der Waals surface area (Å²) in [4.78, 5) is 16.6. The number of ether oxygens (including phenoxy) is 3. The van der Waals surface area contributed by atoms with Crippen molar-refractivity contribution in [1.82, 2.24) is 4.98 Å². The number of benzene rings is 1. The minimum Gasteiger partial charge on any atom is -0.490 e. The van der Waals surface area contributed by atoms with Gasteiger partial charge in [0.25, 0.3) is 0 Å². The van der Waals surface area contributed by atoms with Gasteiger partial charge in [0.1, 0.15) is 6.10 Å². The number of rotatable bonds is 1. The summed E-state index contributed by atoms with van der Waals surface area (Å²) in [6, 6.07) is 3.39. The molecule has 1 saturated heterocycles. The molecular formula is C15H15NO5. The van der Waals surface area contributed by atoms with Crippen LogP contribution in [0.4, 0.5) is 0 Å². The third-order valence-corrected chi connectivity index (χ3v) is 3.72. The van der Waals surface area contributed by atoms with Crippen molar-refractivity contribution in [1.29, 1.82) is 0 Å². The molecule has 0 N–H and O–H groups in total. The van der Waals surface area contributed by atoms with Crippen molar-refractivity contribution in [3.05, 3.63) is 28.4 Å². The summed E-state index contributed by atoms with van der Waals surface area (Å²) in [6.07, 6.45) is 2.37. The van der Waals surface area contributed by atoms with Crippen LogP contribution in [0.5, 0.6) is 11.5 Å². The first-order valence-electron chi connectivity index (χ1n) is 7.17. The number of aromatic nitrogens is 1. The van der Waals surface area contributed by atoms with E-state index in [2.05, 4.69) is 4.98 Å². The lowest BCUT2D eigenvalue weighted by Crippen LogP contribution is -2.09. The van der Waals surface area contributed by atoms with Gasteiger partial charge in [-0.05, 0) is 12.8 Å². The fraction of sp³-hybridized carbons (Fsp3) is 0.467. The van der Waals surface area contributed by atoms with Gasteiger partial charge < -0.3 is 18.6 Å². The summed E-state index contributed by atoms with van der Waals surface area (Å²) < 4.78 is 22.0. The Morgan fingerprint density at radius 2 is 1.86 bits per heavy atom. The van der Waals surface area contributed by atoms with Crippen molar-refractivity contribution in [2.24, 2.45) is 0 Å². The molecule has 4 rings (SSSR count). The normalized spacial score (nSPS) is 21.4. The highest BCUT2D eigenvalue weighted by molar-refractivity contribution is 5.81. The number of hydrogen-bond donors (Lipinski definition) is 0. The maximum absolute atomic E-state index is 12.2. The highest BCUT2D eigenvalue weighted by Gasteiger charge is 2.24. The van der Waals surface area contributed by atoms with Crippen molar-refractivity contribution in [2.75, 3.05) is 19.8 Å². The average Bonchev–Trinajstić information content (AvgIpc) is 2.92. The Labute approximate surface area is 120 Å². The molecule has 3 heterocycles. The largest absolute Gasteiger partial charge is 0.490 e. The molecule has 6 heteroatoms. The van der Waals surface area contributed by atoms with E-state index >= 15 is 0 Å². The zero-order valence-corrected chi connectivity index (χ0v) is 11.5. The maximum Gasteiger partial charge on any atom is 0.347 e. The van der Waals surface area contributed by atoms with Gasteiger partial charge in [0, 0.05) is 25.2 Å². The van der Waals surface area contributed by atoms with Gasteiger partial charge in [0.15, 0.2) is 11.5 Å². The number of hydrogen-bond acceptors (Lipinski definition) is 6. The van der Waals surface area contributed by atoms with Crippen LogP contribution >= 0.6 is 0 Å². The molecular weight excluding hydrogens is 274 g/mol. The molecule has 21 heavy (non-hydrogen) atoms. The number of nitrogens with zero attached hydrogens (tertiary/aromatic N) is 1. The third-order valence-electron chi connectivity index (χ3n) is 3.72. The molecule has 1 fully saturated rings. The van der Waals surface area contributed by atoms with E-state index in [1.807, 2.05) is 0 Å². The Bertz CT molecular complexity index is 733. The predicted molar refractivity (Wildman–Crippen MR) is 73.8 cm³/mol. The van der Waals surface area contributed by atoms with Gasteiger partial charge in [0.05, 0.1) is 24.1 Å². The summed E-state index contributed by atoms with van der Waals surface area (Å²) >= 11 is 0. The Morgan fingerprint density at radius 3 is 2.62 bits per heavy atom. The molecule has 0 spiro atoms. The average molecular weight is 289 g/mol. The van der Waals surface area contributed by atoms with E-state index in [4.69, 9.17) is 18.6 Å². The maximum atomic E-state index is 12.2. The van der Waals surface area contributed by atoms with Gasteiger partial charge >= 0.3 is 5.63 Å². The quantitative estimate of drug-likeness (QED) is 0.801. The Hall–Kier alpha value is -2.08. The van der Waals surface area contributed by atoms with Crippen molar-refractivity contribution in [2.45, 2.75) is 25.4 Å². The minimum absolute atomic E-state index is 0.224. The first kappa shape index (κ1) is 12.6. The molecule has 0 aliphatic carbocycles. The number of fused-ring (bicyclic) bond motifs is 2. The van der Waals surface area contributed by atoms with Crippen LogP contribution in [-0.4, -0.2) is 24.8 Å². The first-order chi connectivity index (χ1) is 10.3. The summed E-state index contributed by atoms with van der Waals surface area (Å²) in [5.74, 6) is 1.54. The van der Waals surface area contributed by atoms with Crippen LogP contribution in [0.15, 0.2) is 21.3 Å². The minimum atomic E-state index is -0.416. The van der Waals surface area contributed by atoms with Gasteiger partial charge in [0.2, 0.25) is 5.89 Å². The molecule has 2 aliphatic rings. The molecule has 0 amide bonds. The highest BCUT2D eigenvalue weighted by atomic mass is 16.5. The molecule has 0 bridgehead atoms. The lowest BCUT2D eigenvalue weighted by atomic mass is 10.2. The summed E-state index contributed by atoms with van der Waals surface area (Å²) in [6.45, 7) is 1.85. The lowest BCUT2D eigenvalue weighted by molar-refractivity contribution is 0.0859. The van der Waals surface area contributed by atoms with E-state index < -0.39 is 5.63 Å². The zero-order chi connectivity index (χ0) is 14.2. The predicted octanol–water partition coefficient (Wildman–Crippen LogP) is 2.20. The van der Waals surface area contributed by atoms with Crippen LogP contribution in [-0.2, 0) is 4.74 Å². The van der Waals surface area contributed by atoms with Gasteiger partial charge in [-0.15, -0.1) is 0 Å². The standard InChI is InChI=1S/C15H15NO5/c17-15-9-7-12-13(20-6-2-5-19-12)8-10(9)16-14(21-15)11-3-1-4-18-11/h7-8,11H,1-6H2. The molecule has 1 atom stereocenters. The first-order valence-corrected chi connectivity index (χ1v) is 7.17. The van der Waals surface area contributed by atoms with Crippen LogP contribution in [0, 0.1) is 0 Å². The zero-order valence-electron chi connectivity index (χ0n) is 11.5. The van der Waals surface area contributed by atoms with E-state index in [9.17, 15) is 4.79 Å². The van der Waals surface area contributed by atoms with Crippen molar-refractivity contribution >= 4 is 10.9 Å². The Balaban J connectivity index is 1.85. The molecule has 110 valence electrons. The smallest absolute Gasteiger partial charge is 0.347 e. The highest BCUT2D eigenvalue weighted by Crippen LogP contribution is 2.34. The van der Waals surface area contributed by atoms with E-state index in [0.29, 0.717) is 48.1 Å². The van der Waals surface area contributed by atoms with Crippen molar-refractivity contribution < 1.29 is 18.6 Å². The van der Waals surface area contributed by atoms with Crippen LogP contribution in [0.1, 0.15) is 31.3 Å². The molecule has 0 saturated carbocycles. The van der Waals surface area contributed by atoms with Crippen molar-refractivity contribution in [3.63, 3.8) is 0 Å². The van der Waals surface area contributed by atoms with E-state index in [1.54, 1.807) is 12.1 Å². The third kappa shape index (κ3) is 2.25. The van der Waals surface area contributed by atoms with Crippen molar-refractivity contribution in [3.8, 4) is 11.5 Å². The second-order valence-corrected chi connectivity index (χ2v) is 5.21. The summed E-state index contributed by atoms with van der Waals surface area (Å²) in [7, 11) is 0. The Morgan fingerprint density at radius 1 is 1.05 bits per heavy atom. The molecule has 0 radical (unpaired) electrons. The molecule has 2 aliphatic heterocycles. The lowest BCUT2D eigenvalue weighted by Gasteiger charge is -2.10. The second kappa shape index (κ2) is 5.04. The molecule has 1 aromatic carbocycles. The molecule has 1 aromatic heterocycles. The van der Waals surface area contributed by atoms with Gasteiger partial charge in [-0.3, -0.25) is 0 Å². The van der Waals surface area contributed by atoms with E-state index in [1.165, 1.54) is 0 Å². The molecule has 1 unspecified atom stereocenters. The van der Waals surface area contributed by atoms with Crippen LogP contribution in [0.3, 0.4) is 0 Å². The van der Waals surface area contributed by atoms with E-state index in [-0.39, 0.29) is 6.10 Å². The SMILES string of the molecule is O=c1oc(C2CCCO2)nc2cc3c(cc12)OCCCO3. The van der Waals surface area contributed by atoms with Crippen LogP contribution in [0.25, 0.3) is 10.9 Å². The fourth-order valence-corrected chi connectivity index (χ4v) is 2.66. The fourth-order valence-electron chi connectivity index (χ4n) is 2.66. The monoisotopic (exact) mass is 289 g/mol. The summed E-state index contributed by atoms with van der Waals surface area (Å²) in [5.41, 5.74) is 0.141. The van der Waals surface area contributed by atoms with Gasteiger partial charge in [-0.25, -0.2) is 9.78 Å². The Kier molecular flexibility index (Phi) is 3.03. The topological polar surface area (TPSA) is 70.8 Å². The van der Waals surface area contributed by atoms with Crippen LogP contribution < -0.4 is 15.1 Å². The molecule has 6 nitrogen and oxygen atoms in total.